The Labute approximate surface area is 171 Å². The van der Waals surface area contributed by atoms with E-state index in [1.807, 2.05) is 13.8 Å². The highest BCUT2D eigenvalue weighted by atomic mass is 35.5. The van der Waals surface area contributed by atoms with Gasteiger partial charge in [0, 0.05) is 24.4 Å². The zero-order valence-electron chi connectivity index (χ0n) is 15.6. The summed E-state index contributed by atoms with van der Waals surface area (Å²) in [5, 5.41) is 14.4. The lowest BCUT2D eigenvalue weighted by atomic mass is 10.2. The number of hydrogen-bond donors (Lipinski definition) is 1. The molecule has 1 aromatic heterocycles. The van der Waals surface area contributed by atoms with E-state index in [0.717, 1.165) is 42.5 Å². The lowest BCUT2D eigenvalue weighted by Crippen LogP contribution is -2.18. The highest BCUT2D eigenvalue weighted by Crippen LogP contribution is 2.28. The number of ether oxygens (including phenoxy) is 1. The summed E-state index contributed by atoms with van der Waals surface area (Å²) in [6.45, 7) is 5.48. The minimum atomic E-state index is -0.536. The van der Waals surface area contributed by atoms with Crippen molar-refractivity contribution >= 4 is 40.6 Å². The summed E-state index contributed by atoms with van der Waals surface area (Å²) in [5.74, 6) is -0.114. The number of hydrogen-bond acceptors (Lipinski definition) is 6. The van der Waals surface area contributed by atoms with E-state index < -0.39 is 4.92 Å². The highest BCUT2D eigenvalue weighted by Gasteiger charge is 2.21. The van der Waals surface area contributed by atoms with Gasteiger partial charge in [-0.25, -0.2) is 4.98 Å². The number of anilines is 1. The monoisotopic (exact) mass is 424 g/mol. The number of aryl methyl sites for hydroxylation is 1. The first kappa shape index (κ1) is 20.6. The SMILES string of the molecule is Cc1nc(SCC(=O)Nc2ccc([N+](=O)[O-])cc2Cl)n(CC2CCCO2)c1C. The molecule has 10 heteroatoms. The fraction of sp³-hybridized carbons (Fsp3) is 0.444. The van der Waals surface area contributed by atoms with E-state index in [1.165, 1.54) is 30.0 Å². The Hall–Kier alpha value is -2.10. The quantitative estimate of drug-likeness (QED) is 0.410. The van der Waals surface area contributed by atoms with Gasteiger partial charge in [-0.3, -0.25) is 14.9 Å². The molecule has 8 nitrogen and oxygen atoms in total. The predicted molar refractivity (Wildman–Crippen MR) is 108 cm³/mol. The average Bonchev–Trinajstić information content (AvgIpc) is 3.25. The summed E-state index contributed by atoms with van der Waals surface area (Å²) < 4.78 is 7.82. The molecule has 1 aliphatic heterocycles. The highest BCUT2D eigenvalue weighted by molar-refractivity contribution is 7.99. The largest absolute Gasteiger partial charge is 0.376 e. The number of nitrogens with one attached hydrogen (secondary N) is 1. The van der Waals surface area contributed by atoms with Gasteiger partial charge in [-0.1, -0.05) is 23.4 Å². The number of nitrogens with zero attached hydrogens (tertiary/aromatic N) is 3. The molecule has 0 bridgehead atoms. The zero-order valence-corrected chi connectivity index (χ0v) is 17.2. The number of rotatable bonds is 7. The molecule has 0 aliphatic carbocycles. The van der Waals surface area contributed by atoms with E-state index in [4.69, 9.17) is 16.3 Å². The van der Waals surface area contributed by atoms with Gasteiger partial charge in [-0.2, -0.15) is 0 Å². The van der Waals surface area contributed by atoms with Gasteiger partial charge in [0.25, 0.3) is 5.69 Å². The molecule has 1 atom stereocenters. The van der Waals surface area contributed by atoms with Crippen LogP contribution >= 0.6 is 23.4 Å². The van der Waals surface area contributed by atoms with Crippen molar-refractivity contribution in [3.63, 3.8) is 0 Å². The van der Waals surface area contributed by atoms with Crippen molar-refractivity contribution in [1.29, 1.82) is 0 Å². The van der Waals surface area contributed by atoms with Crippen LogP contribution < -0.4 is 5.32 Å². The Bertz CT molecular complexity index is 896. The summed E-state index contributed by atoms with van der Waals surface area (Å²) in [6.07, 6.45) is 2.28. The summed E-state index contributed by atoms with van der Waals surface area (Å²) in [7, 11) is 0. The third kappa shape index (κ3) is 4.84. The Morgan fingerprint density at radius 2 is 2.29 bits per heavy atom. The van der Waals surface area contributed by atoms with Gasteiger partial charge < -0.3 is 14.6 Å². The first-order chi connectivity index (χ1) is 13.3. The van der Waals surface area contributed by atoms with Crippen LogP contribution in [0.4, 0.5) is 11.4 Å². The minimum Gasteiger partial charge on any atom is -0.376 e. The van der Waals surface area contributed by atoms with Crippen molar-refractivity contribution < 1.29 is 14.5 Å². The maximum absolute atomic E-state index is 12.3. The molecule has 1 amide bonds. The van der Waals surface area contributed by atoms with Gasteiger partial charge in [-0.05, 0) is 32.8 Å². The molecule has 0 spiro atoms. The number of carbonyl (C=O) groups excluding carboxylic acids is 1. The second-order valence-electron chi connectivity index (χ2n) is 6.57. The number of imidazole rings is 1. The fourth-order valence-corrected chi connectivity index (χ4v) is 4.10. The first-order valence-electron chi connectivity index (χ1n) is 8.87. The maximum atomic E-state index is 12.3. The Morgan fingerprint density at radius 3 is 2.93 bits per heavy atom. The number of nitro benzene ring substituents is 1. The Balaban J connectivity index is 1.63. The van der Waals surface area contributed by atoms with Crippen molar-refractivity contribution in [2.24, 2.45) is 0 Å². The van der Waals surface area contributed by atoms with Gasteiger partial charge in [-0.15, -0.1) is 0 Å². The summed E-state index contributed by atoms with van der Waals surface area (Å²) in [4.78, 5) is 27.1. The molecule has 1 N–H and O–H groups in total. The van der Waals surface area contributed by atoms with Gasteiger partial charge in [0.15, 0.2) is 5.16 Å². The molecule has 1 fully saturated rings. The molecule has 1 unspecified atom stereocenters. The number of thioether (sulfide) groups is 1. The average molecular weight is 425 g/mol. The molecule has 2 aromatic rings. The summed E-state index contributed by atoms with van der Waals surface area (Å²) in [6, 6.07) is 3.94. The fourth-order valence-electron chi connectivity index (χ4n) is 2.98. The minimum absolute atomic E-state index is 0.124. The summed E-state index contributed by atoms with van der Waals surface area (Å²) >= 11 is 7.36. The lowest BCUT2D eigenvalue weighted by Gasteiger charge is -2.14. The molecule has 2 heterocycles. The van der Waals surface area contributed by atoms with Gasteiger partial charge >= 0.3 is 0 Å². The van der Waals surface area contributed by atoms with Crippen LogP contribution in [-0.2, 0) is 16.1 Å². The van der Waals surface area contributed by atoms with Crippen molar-refractivity contribution in [1.82, 2.24) is 9.55 Å². The summed E-state index contributed by atoms with van der Waals surface area (Å²) in [5.41, 5.74) is 2.21. The van der Waals surface area contributed by atoms with E-state index in [2.05, 4.69) is 14.9 Å². The van der Waals surface area contributed by atoms with Crippen LogP contribution in [0.15, 0.2) is 23.4 Å². The van der Waals surface area contributed by atoms with Crippen molar-refractivity contribution in [2.75, 3.05) is 17.7 Å². The molecular weight excluding hydrogens is 404 g/mol. The van der Waals surface area contributed by atoms with Crippen LogP contribution in [0, 0.1) is 24.0 Å². The van der Waals surface area contributed by atoms with Crippen molar-refractivity contribution in [3.05, 3.63) is 44.7 Å². The zero-order chi connectivity index (χ0) is 20.3. The number of halogens is 1. The third-order valence-electron chi connectivity index (χ3n) is 4.60. The van der Waals surface area contributed by atoms with Gasteiger partial charge in [0.1, 0.15) is 0 Å². The molecule has 1 aromatic carbocycles. The smallest absolute Gasteiger partial charge is 0.271 e. The molecule has 0 radical (unpaired) electrons. The number of non-ortho nitro benzene ring substituents is 1. The van der Waals surface area contributed by atoms with Crippen LogP contribution in [0.25, 0.3) is 0 Å². The van der Waals surface area contributed by atoms with Crippen LogP contribution in [0.3, 0.4) is 0 Å². The van der Waals surface area contributed by atoms with Crippen molar-refractivity contribution in [3.8, 4) is 0 Å². The van der Waals surface area contributed by atoms with Gasteiger partial charge in [0.2, 0.25) is 5.91 Å². The first-order valence-corrected chi connectivity index (χ1v) is 10.2. The lowest BCUT2D eigenvalue weighted by molar-refractivity contribution is -0.384. The molecule has 1 saturated heterocycles. The Kier molecular flexibility index (Phi) is 6.58. The predicted octanol–water partition coefficient (Wildman–Crippen LogP) is 3.97. The number of nitro groups is 1. The van der Waals surface area contributed by atoms with Crippen molar-refractivity contribution in [2.45, 2.75) is 44.5 Å². The normalized spacial score (nSPS) is 16.3. The van der Waals surface area contributed by atoms with Crippen LogP contribution in [0.1, 0.15) is 24.2 Å². The van der Waals surface area contributed by atoms with E-state index in [9.17, 15) is 14.9 Å². The molecule has 150 valence electrons. The molecule has 0 saturated carbocycles. The number of amides is 1. The number of benzene rings is 1. The molecule has 3 rings (SSSR count). The van der Waals surface area contributed by atoms with E-state index in [1.54, 1.807) is 0 Å². The topological polar surface area (TPSA) is 99.3 Å². The van der Waals surface area contributed by atoms with E-state index in [-0.39, 0.29) is 28.5 Å². The molecule has 28 heavy (non-hydrogen) atoms. The second kappa shape index (κ2) is 8.93. The molecular formula is C18H21ClN4O4S. The third-order valence-corrected chi connectivity index (χ3v) is 5.89. The van der Waals surface area contributed by atoms with Crippen LogP contribution in [0.2, 0.25) is 5.02 Å². The van der Waals surface area contributed by atoms with E-state index >= 15 is 0 Å². The second-order valence-corrected chi connectivity index (χ2v) is 7.92. The van der Waals surface area contributed by atoms with Crippen LogP contribution in [-0.4, -0.2) is 38.8 Å². The van der Waals surface area contributed by atoms with Crippen LogP contribution in [0.5, 0.6) is 0 Å². The van der Waals surface area contributed by atoms with E-state index in [0.29, 0.717) is 5.69 Å². The standard InChI is InChI=1S/C18H21ClN4O4S/c1-11-12(2)22(9-14-4-3-7-27-14)18(20-11)28-10-17(24)21-16-6-5-13(23(25)26)8-15(16)19/h5-6,8,14H,3-4,7,9-10H2,1-2H3,(H,21,24). The number of aromatic nitrogens is 2. The Morgan fingerprint density at radius 1 is 1.50 bits per heavy atom. The number of carbonyl (C=O) groups is 1. The van der Waals surface area contributed by atoms with Gasteiger partial charge in [0.05, 0.1) is 39.7 Å². The maximum Gasteiger partial charge on any atom is 0.271 e. The molecule has 1 aliphatic rings.